The Labute approximate surface area is 130 Å². The third-order valence-corrected chi connectivity index (χ3v) is 3.25. The maximum Gasteiger partial charge on any atom is 0.337 e. The first-order valence-electron chi connectivity index (χ1n) is 8.19. The summed E-state index contributed by atoms with van der Waals surface area (Å²) in [6, 6.07) is 0. The Bertz CT molecular complexity index is 358. The molecule has 21 heavy (non-hydrogen) atoms. The van der Waals surface area contributed by atoms with E-state index in [0.717, 1.165) is 25.7 Å². The Balaban J connectivity index is 3.72. The molecule has 0 aromatic rings. The second kappa shape index (κ2) is 14.9. The number of rotatable bonds is 12. The van der Waals surface area contributed by atoms with E-state index in [1.54, 1.807) is 0 Å². The van der Waals surface area contributed by atoms with Crippen LogP contribution in [0.5, 0.6) is 0 Å². The van der Waals surface area contributed by atoms with Gasteiger partial charge >= 0.3 is 5.97 Å². The predicted octanol–water partition coefficient (Wildman–Crippen LogP) is 5.20. The molecule has 0 unspecified atom stereocenters. The minimum Gasteiger partial charge on any atom is -0.462 e. The van der Waals surface area contributed by atoms with Crippen molar-refractivity contribution in [2.24, 2.45) is 0 Å². The zero-order valence-corrected chi connectivity index (χ0v) is 13.7. The van der Waals surface area contributed by atoms with Crippen LogP contribution in [0.4, 0.5) is 0 Å². The molecule has 0 heterocycles. The van der Waals surface area contributed by atoms with Gasteiger partial charge in [-0.1, -0.05) is 50.3 Å². The lowest BCUT2D eigenvalue weighted by molar-refractivity contribution is -0.138. The monoisotopic (exact) mass is 290 g/mol. The Morgan fingerprint density at radius 2 is 1.71 bits per heavy atom. The number of terminal acetylenes is 1. The summed E-state index contributed by atoms with van der Waals surface area (Å²) in [5.74, 6) is 2.46. The van der Waals surface area contributed by atoms with E-state index in [2.05, 4.69) is 5.92 Å². The van der Waals surface area contributed by atoms with E-state index in [-0.39, 0.29) is 5.97 Å². The highest BCUT2D eigenvalue weighted by atomic mass is 16.5. The van der Waals surface area contributed by atoms with E-state index in [1.165, 1.54) is 32.1 Å². The highest BCUT2D eigenvalue weighted by Gasteiger charge is 2.05. The summed E-state index contributed by atoms with van der Waals surface area (Å²) in [5.41, 5.74) is 0.675. The van der Waals surface area contributed by atoms with E-state index in [1.807, 2.05) is 32.1 Å². The molecule has 0 spiro atoms. The van der Waals surface area contributed by atoms with Crippen LogP contribution in [0.15, 0.2) is 23.8 Å². The van der Waals surface area contributed by atoms with Gasteiger partial charge in [0.15, 0.2) is 0 Å². The zero-order valence-electron chi connectivity index (χ0n) is 13.7. The molecule has 0 aromatic heterocycles. The van der Waals surface area contributed by atoms with Crippen LogP contribution in [0, 0.1) is 12.3 Å². The van der Waals surface area contributed by atoms with Gasteiger partial charge < -0.3 is 4.74 Å². The molecule has 0 atom stereocenters. The first-order valence-corrected chi connectivity index (χ1v) is 8.19. The average molecular weight is 290 g/mol. The lowest BCUT2D eigenvalue weighted by Crippen LogP contribution is -2.05. The summed E-state index contributed by atoms with van der Waals surface area (Å²) in [7, 11) is 0. The van der Waals surface area contributed by atoms with Crippen molar-refractivity contribution in [3.8, 4) is 12.3 Å². The van der Waals surface area contributed by atoms with Crippen molar-refractivity contribution in [2.75, 3.05) is 6.61 Å². The molecule has 118 valence electrons. The number of carbonyl (C=O) groups excluding carboxylic acids is 1. The SMILES string of the molecule is C#CCCCCCCCCC/C=C(\C=C/C)C(=O)OCC. The number of allylic oxidation sites excluding steroid dienone is 2. The topological polar surface area (TPSA) is 26.3 Å². The van der Waals surface area contributed by atoms with E-state index in [0.29, 0.717) is 12.2 Å². The predicted molar refractivity (Wildman–Crippen MR) is 89.9 cm³/mol. The van der Waals surface area contributed by atoms with Crippen LogP contribution < -0.4 is 0 Å². The first kappa shape index (κ1) is 19.5. The van der Waals surface area contributed by atoms with Gasteiger partial charge in [0.05, 0.1) is 12.2 Å². The summed E-state index contributed by atoms with van der Waals surface area (Å²) in [5, 5.41) is 0. The average Bonchev–Trinajstić information content (AvgIpc) is 2.48. The van der Waals surface area contributed by atoms with E-state index < -0.39 is 0 Å². The zero-order chi connectivity index (χ0) is 15.8. The molecule has 0 aliphatic heterocycles. The third kappa shape index (κ3) is 12.0. The number of ether oxygens (including phenoxy) is 1. The van der Waals surface area contributed by atoms with Crippen molar-refractivity contribution in [1.82, 2.24) is 0 Å². The minimum atomic E-state index is -0.218. The summed E-state index contributed by atoms with van der Waals surface area (Å²) in [6.45, 7) is 4.16. The molecule has 2 nitrogen and oxygen atoms in total. The maximum absolute atomic E-state index is 11.7. The number of hydrogen-bond acceptors (Lipinski definition) is 2. The van der Waals surface area contributed by atoms with Crippen LogP contribution in [0.25, 0.3) is 0 Å². The Hall–Kier alpha value is -1.49. The van der Waals surface area contributed by atoms with Crippen LogP contribution in [0.3, 0.4) is 0 Å². The number of esters is 1. The van der Waals surface area contributed by atoms with E-state index >= 15 is 0 Å². The third-order valence-electron chi connectivity index (χ3n) is 3.25. The van der Waals surface area contributed by atoms with Gasteiger partial charge in [0, 0.05) is 6.42 Å². The fraction of sp³-hybridized carbons (Fsp3) is 0.632. The van der Waals surface area contributed by atoms with Crippen molar-refractivity contribution >= 4 is 5.97 Å². The highest BCUT2D eigenvalue weighted by Crippen LogP contribution is 2.11. The molecule has 0 radical (unpaired) electrons. The van der Waals surface area contributed by atoms with E-state index in [9.17, 15) is 4.79 Å². The van der Waals surface area contributed by atoms with Gasteiger partial charge in [-0.15, -0.1) is 12.3 Å². The summed E-state index contributed by atoms with van der Waals surface area (Å²) in [4.78, 5) is 11.7. The maximum atomic E-state index is 11.7. The molecule has 0 saturated heterocycles. The molecule has 0 bridgehead atoms. The van der Waals surface area contributed by atoms with Gasteiger partial charge in [0.2, 0.25) is 0 Å². The standard InChI is InChI=1S/C19H30O2/c1-4-7-8-9-10-11-12-13-14-15-17-18(16-5-2)19(20)21-6-3/h1,5,16-17H,6-15H2,2-3H3/b16-5-,18-17+. The van der Waals surface area contributed by atoms with Crippen LogP contribution in [0.1, 0.15) is 71.6 Å². The number of hydrogen-bond donors (Lipinski definition) is 0. The van der Waals surface area contributed by atoms with Gasteiger partial charge in [-0.05, 0) is 33.1 Å². The molecule has 0 fully saturated rings. The summed E-state index contributed by atoms with van der Waals surface area (Å²) >= 11 is 0. The minimum absolute atomic E-state index is 0.218. The normalized spacial score (nSPS) is 11.6. The van der Waals surface area contributed by atoms with Gasteiger partial charge in [-0.3, -0.25) is 0 Å². The van der Waals surface area contributed by atoms with Crippen LogP contribution >= 0.6 is 0 Å². The van der Waals surface area contributed by atoms with Crippen LogP contribution in [0.2, 0.25) is 0 Å². The van der Waals surface area contributed by atoms with Crippen LogP contribution in [-0.2, 0) is 9.53 Å². The second-order valence-corrected chi connectivity index (χ2v) is 5.10. The lowest BCUT2D eigenvalue weighted by Gasteiger charge is -2.03. The van der Waals surface area contributed by atoms with Gasteiger partial charge in [-0.25, -0.2) is 4.79 Å². The summed E-state index contributed by atoms with van der Waals surface area (Å²) in [6.07, 6.45) is 21.3. The molecule has 0 saturated carbocycles. The van der Waals surface area contributed by atoms with E-state index in [4.69, 9.17) is 11.2 Å². The van der Waals surface area contributed by atoms with Gasteiger partial charge in [0.1, 0.15) is 0 Å². The van der Waals surface area contributed by atoms with Crippen molar-refractivity contribution in [2.45, 2.75) is 71.6 Å². The molecule has 0 aliphatic rings. The van der Waals surface area contributed by atoms with Crippen molar-refractivity contribution in [3.05, 3.63) is 23.8 Å². The largest absolute Gasteiger partial charge is 0.462 e. The van der Waals surface area contributed by atoms with Gasteiger partial charge in [-0.2, -0.15) is 0 Å². The van der Waals surface area contributed by atoms with Crippen LogP contribution in [-0.4, -0.2) is 12.6 Å². The molecule has 0 aromatic carbocycles. The molecule has 0 amide bonds. The molecular weight excluding hydrogens is 260 g/mol. The molecule has 0 aliphatic carbocycles. The highest BCUT2D eigenvalue weighted by molar-refractivity contribution is 5.91. The van der Waals surface area contributed by atoms with Crippen molar-refractivity contribution in [1.29, 1.82) is 0 Å². The van der Waals surface area contributed by atoms with Crippen molar-refractivity contribution in [3.63, 3.8) is 0 Å². The molecule has 0 N–H and O–H groups in total. The molecular formula is C19H30O2. The summed E-state index contributed by atoms with van der Waals surface area (Å²) < 4.78 is 5.03. The Morgan fingerprint density at radius 3 is 2.29 bits per heavy atom. The second-order valence-electron chi connectivity index (χ2n) is 5.10. The lowest BCUT2D eigenvalue weighted by atomic mass is 10.1. The Morgan fingerprint density at radius 1 is 1.10 bits per heavy atom. The number of unbranched alkanes of at least 4 members (excludes halogenated alkanes) is 8. The fourth-order valence-electron chi connectivity index (χ4n) is 2.13. The molecule has 2 heteroatoms. The number of carbonyl (C=O) groups is 1. The molecule has 0 rings (SSSR count). The van der Waals surface area contributed by atoms with Crippen molar-refractivity contribution < 1.29 is 9.53 Å². The first-order chi connectivity index (χ1) is 10.3. The Kier molecular flexibility index (Phi) is 13.9. The quantitative estimate of drug-likeness (QED) is 0.162. The van der Waals surface area contributed by atoms with Gasteiger partial charge in [0.25, 0.3) is 0 Å². The smallest absolute Gasteiger partial charge is 0.337 e. The fourth-order valence-corrected chi connectivity index (χ4v) is 2.13.